The van der Waals surface area contributed by atoms with Crippen molar-refractivity contribution in [1.82, 2.24) is 4.98 Å². The van der Waals surface area contributed by atoms with Crippen LogP contribution in [-0.2, 0) is 10.2 Å². The molecule has 5 heteroatoms. The third kappa shape index (κ3) is 4.85. The van der Waals surface area contributed by atoms with E-state index in [0.29, 0.717) is 5.69 Å². The van der Waals surface area contributed by atoms with Gasteiger partial charge in [0, 0.05) is 11.1 Å². The Bertz CT molecular complexity index is 473. The minimum atomic E-state index is -0.683. The maximum atomic E-state index is 13.6. The summed E-state index contributed by atoms with van der Waals surface area (Å²) >= 11 is 0. The van der Waals surface area contributed by atoms with E-state index in [9.17, 15) is 9.18 Å². The van der Waals surface area contributed by atoms with E-state index >= 15 is 0 Å². The molecule has 1 aromatic rings. The van der Waals surface area contributed by atoms with Crippen LogP contribution in [0.25, 0.3) is 0 Å². The molecule has 0 bridgehead atoms. The van der Waals surface area contributed by atoms with Gasteiger partial charge >= 0.3 is 6.09 Å². The number of rotatable bonds is 1. The summed E-state index contributed by atoms with van der Waals surface area (Å²) in [5.41, 5.74) is -0.0764. The van der Waals surface area contributed by atoms with Crippen LogP contribution in [0.5, 0.6) is 0 Å². The van der Waals surface area contributed by atoms with Crippen LogP contribution in [0.3, 0.4) is 0 Å². The molecule has 1 N–H and O–H groups in total. The van der Waals surface area contributed by atoms with Gasteiger partial charge in [-0.3, -0.25) is 10.3 Å². The van der Waals surface area contributed by atoms with E-state index in [-0.39, 0.29) is 11.1 Å². The summed E-state index contributed by atoms with van der Waals surface area (Å²) in [4.78, 5) is 15.6. The molecule has 0 atom stereocenters. The van der Waals surface area contributed by atoms with Gasteiger partial charge in [0.15, 0.2) is 5.82 Å². The van der Waals surface area contributed by atoms with Gasteiger partial charge in [0.25, 0.3) is 0 Å². The normalized spacial score (nSPS) is 12.2. The number of anilines is 1. The Morgan fingerprint density at radius 2 is 1.84 bits per heavy atom. The van der Waals surface area contributed by atoms with E-state index in [1.165, 1.54) is 6.07 Å². The zero-order chi connectivity index (χ0) is 14.8. The van der Waals surface area contributed by atoms with E-state index in [0.717, 1.165) is 6.20 Å². The summed E-state index contributed by atoms with van der Waals surface area (Å²) in [6.07, 6.45) is 0.422. The molecule has 4 nitrogen and oxygen atoms in total. The first-order valence-electron chi connectivity index (χ1n) is 6.15. The van der Waals surface area contributed by atoms with Crippen molar-refractivity contribution in [3.63, 3.8) is 0 Å². The second kappa shape index (κ2) is 5.15. The van der Waals surface area contributed by atoms with Crippen LogP contribution in [0.1, 0.15) is 47.2 Å². The molecule has 0 spiro atoms. The number of amides is 1. The number of nitrogens with zero attached hydrogens (tertiary/aromatic N) is 1. The third-order valence-electron chi connectivity index (χ3n) is 2.26. The van der Waals surface area contributed by atoms with Crippen LogP contribution < -0.4 is 5.32 Å². The molecule has 1 heterocycles. The Hall–Kier alpha value is -1.65. The number of carbonyl (C=O) groups is 1. The molecule has 0 aliphatic heterocycles. The van der Waals surface area contributed by atoms with Crippen LogP contribution in [0.2, 0.25) is 0 Å². The molecule has 1 rings (SSSR count). The lowest BCUT2D eigenvalue weighted by molar-refractivity contribution is 0.0635. The van der Waals surface area contributed by atoms with Crippen LogP contribution in [-0.4, -0.2) is 16.7 Å². The quantitative estimate of drug-likeness (QED) is 0.841. The van der Waals surface area contributed by atoms with Gasteiger partial charge in [-0.25, -0.2) is 9.18 Å². The maximum absolute atomic E-state index is 13.6. The zero-order valence-electron chi connectivity index (χ0n) is 12.3. The van der Waals surface area contributed by atoms with Gasteiger partial charge in [-0.15, -0.1) is 0 Å². The fourth-order valence-electron chi connectivity index (χ4n) is 1.36. The SMILES string of the molecule is CC(C)(C)OC(=O)Nc1cc(C(C)(C)C)ncc1F. The fraction of sp³-hybridized carbons (Fsp3) is 0.571. The molecule has 0 radical (unpaired) electrons. The topological polar surface area (TPSA) is 51.2 Å². The molecule has 0 unspecified atom stereocenters. The predicted molar refractivity (Wildman–Crippen MR) is 72.8 cm³/mol. The van der Waals surface area contributed by atoms with Gasteiger partial charge in [-0.05, 0) is 26.8 Å². The molecule has 1 aromatic heterocycles. The van der Waals surface area contributed by atoms with Crippen molar-refractivity contribution in [3.8, 4) is 0 Å². The lowest BCUT2D eigenvalue weighted by Gasteiger charge is -2.21. The first-order chi connectivity index (χ1) is 8.49. The zero-order valence-corrected chi connectivity index (χ0v) is 12.3. The molecule has 0 aromatic carbocycles. The van der Waals surface area contributed by atoms with Crippen molar-refractivity contribution in [3.05, 3.63) is 23.8 Å². The Balaban J connectivity index is 2.92. The Morgan fingerprint density at radius 1 is 1.26 bits per heavy atom. The predicted octanol–water partition coefficient (Wildman–Crippen LogP) is 3.87. The largest absolute Gasteiger partial charge is 0.444 e. The number of hydrogen-bond donors (Lipinski definition) is 1. The average Bonchev–Trinajstić information content (AvgIpc) is 2.16. The van der Waals surface area contributed by atoms with Crippen molar-refractivity contribution in [2.75, 3.05) is 5.32 Å². The van der Waals surface area contributed by atoms with E-state index in [4.69, 9.17) is 4.74 Å². The number of carbonyl (C=O) groups excluding carboxylic acids is 1. The molecule has 0 aliphatic carbocycles. The van der Waals surface area contributed by atoms with Gasteiger partial charge < -0.3 is 4.74 Å². The minimum absolute atomic E-state index is 0.0779. The van der Waals surface area contributed by atoms with Crippen LogP contribution in [0.4, 0.5) is 14.9 Å². The average molecular weight is 268 g/mol. The number of halogens is 1. The van der Waals surface area contributed by atoms with Crippen LogP contribution in [0.15, 0.2) is 12.3 Å². The van der Waals surface area contributed by atoms with Crippen molar-refractivity contribution in [2.24, 2.45) is 0 Å². The summed E-state index contributed by atoms with van der Waals surface area (Å²) in [6, 6.07) is 1.53. The Kier molecular flexibility index (Phi) is 4.18. The summed E-state index contributed by atoms with van der Waals surface area (Å²) in [6.45, 7) is 11.1. The lowest BCUT2D eigenvalue weighted by atomic mass is 9.91. The minimum Gasteiger partial charge on any atom is -0.444 e. The number of hydrogen-bond acceptors (Lipinski definition) is 3. The first-order valence-corrected chi connectivity index (χ1v) is 6.15. The summed E-state index contributed by atoms with van der Waals surface area (Å²) < 4.78 is 18.7. The van der Waals surface area contributed by atoms with Gasteiger partial charge in [-0.1, -0.05) is 20.8 Å². The number of ether oxygens (including phenoxy) is 1. The number of aromatic nitrogens is 1. The molecule has 1 amide bonds. The highest BCUT2D eigenvalue weighted by Crippen LogP contribution is 2.24. The van der Waals surface area contributed by atoms with Gasteiger partial charge in [0.2, 0.25) is 0 Å². The van der Waals surface area contributed by atoms with Crippen molar-refractivity contribution >= 4 is 11.8 Å². The van der Waals surface area contributed by atoms with Crippen LogP contribution in [0, 0.1) is 5.82 Å². The van der Waals surface area contributed by atoms with Crippen molar-refractivity contribution in [2.45, 2.75) is 52.6 Å². The molecule has 0 saturated carbocycles. The third-order valence-corrected chi connectivity index (χ3v) is 2.26. The molecular formula is C14H21FN2O2. The van der Waals surface area contributed by atoms with Crippen LogP contribution >= 0.6 is 0 Å². The van der Waals surface area contributed by atoms with E-state index < -0.39 is 17.5 Å². The van der Waals surface area contributed by atoms with Gasteiger partial charge in [0.05, 0.1) is 11.9 Å². The van der Waals surface area contributed by atoms with Gasteiger partial charge in [-0.2, -0.15) is 0 Å². The first kappa shape index (κ1) is 15.4. The van der Waals surface area contributed by atoms with E-state index in [1.54, 1.807) is 20.8 Å². The fourth-order valence-corrected chi connectivity index (χ4v) is 1.36. The van der Waals surface area contributed by atoms with Crippen molar-refractivity contribution in [1.29, 1.82) is 0 Å². The summed E-state index contributed by atoms with van der Waals surface area (Å²) in [5, 5.41) is 2.40. The lowest BCUT2D eigenvalue weighted by Crippen LogP contribution is -2.27. The molecule has 0 saturated heterocycles. The highest BCUT2D eigenvalue weighted by Gasteiger charge is 2.20. The maximum Gasteiger partial charge on any atom is 0.412 e. The standard InChI is InChI=1S/C14H21FN2O2/c1-13(2,3)11-7-10(9(15)8-16-11)17-12(18)19-14(4,5)6/h7-8H,1-6H3,(H,16,17,18). The van der Waals surface area contributed by atoms with E-state index in [1.807, 2.05) is 20.8 Å². The van der Waals surface area contributed by atoms with Gasteiger partial charge in [0.1, 0.15) is 5.60 Å². The highest BCUT2D eigenvalue weighted by molar-refractivity contribution is 5.85. The monoisotopic (exact) mass is 268 g/mol. The Labute approximate surface area is 113 Å². The second-order valence-electron chi connectivity index (χ2n) is 6.43. The summed E-state index contributed by atoms with van der Waals surface area (Å²) in [5.74, 6) is -0.584. The smallest absolute Gasteiger partial charge is 0.412 e. The number of nitrogens with one attached hydrogen (secondary N) is 1. The second-order valence-corrected chi connectivity index (χ2v) is 6.43. The highest BCUT2D eigenvalue weighted by atomic mass is 19.1. The molecule has 0 aliphatic rings. The van der Waals surface area contributed by atoms with Crippen molar-refractivity contribution < 1.29 is 13.9 Å². The molecule has 19 heavy (non-hydrogen) atoms. The molecule has 0 fully saturated rings. The summed E-state index contributed by atoms with van der Waals surface area (Å²) in [7, 11) is 0. The number of pyridine rings is 1. The Morgan fingerprint density at radius 3 is 2.32 bits per heavy atom. The van der Waals surface area contributed by atoms with E-state index in [2.05, 4.69) is 10.3 Å². The molecular weight excluding hydrogens is 247 g/mol. The molecule has 106 valence electrons.